The molecule has 5 rings (SSSR count). The molecule has 1 aliphatic rings. The molecular weight excluding hydrogens is 542 g/mol. The molecule has 1 aromatic heterocycles. The molecule has 0 saturated carbocycles. The van der Waals surface area contributed by atoms with Crippen molar-refractivity contribution in [3.63, 3.8) is 0 Å². The topological polar surface area (TPSA) is 90.3 Å². The number of methoxy groups -OCH3 is 1. The van der Waals surface area contributed by atoms with E-state index in [0.717, 1.165) is 72.7 Å². The van der Waals surface area contributed by atoms with E-state index in [1.165, 1.54) is 0 Å². The molecule has 4 aromatic rings. The molecule has 0 bridgehead atoms. The Labute approximate surface area is 245 Å². The number of nitrogens with zero attached hydrogens (tertiary/aromatic N) is 4. The van der Waals surface area contributed by atoms with Crippen molar-refractivity contribution < 1.29 is 19.0 Å². The molecule has 214 valence electrons. The highest BCUT2D eigenvalue weighted by atomic mass is 35.5. The number of nitrogens with one attached hydrogen (secondary N) is 1. The Kier molecular flexibility index (Phi) is 9.85. The van der Waals surface area contributed by atoms with Crippen LogP contribution in [0.25, 0.3) is 10.9 Å². The average Bonchev–Trinajstić information content (AvgIpc) is 3.01. The lowest BCUT2D eigenvalue weighted by molar-refractivity contribution is 0.0357. The first kappa shape index (κ1) is 28.6. The van der Waals surface area contributed by atoms with E-state index in [-0.39, 0.29) is 0 Å². The summed E-state index contributed by atoms with van der Waals surface area (Å²) in [5, 5.41) is 9.18. The van der Waals surface area contributed by atoms with Gasteiger partial charge in [0.05, 0.1) is 38.2 Å². The predicted molar refractivity (Wildman–Crippen MR) is 162 cm³/mol. The Hall–Kier alpha value is -3.92. The van der Waals surface area contributed by atoms with E-state index in [1.54, 1.807) is 13.4 Å². The Bertz CT molecular complexity index is 1460. The third-order valence-corrected chi connectivity index (χ3v) is 7.06. The molecule has 0 radical (unpaired) electrons. The summed E-state index contributed by atoms with van der Waals surface area (Å²) in [6.45, 7) is 7.41. The number of hydrogen-bond acceptors (Lipinski definition) is 9. The van der Waals surface area contributed by atoms with Gasteiger partial charge < -0.3 is 24.4 Å². The number of fused-ring (bicyclic) bond motifs is 1. The van der Waals surface area contributed by atoms with Gasteiger partial charge in [-0.2, -0.15) is 0 Å². The molecule has 9 nitrogen and oxygen atoms in total. The summed E-state index contributed by atoms with van der Waals surface area (Å²) in [6, 6.07) is 19.3. The highest BCUT2D eigenvalue weighted by molar-refractivity contribution is 6.30. The molecule has 2 heterocycles. The normalized spacial score (nSPS) is 14.2. The van der Waals surface area contributed by atoms with E-state index in [9.17, 15) is 0 Å². The zero-order valence-electron chi connectivity index (χ0n) is 23.3. The molecule has 0 unspecified atom stereocenters. The minimum absolute atomic E-state index is 0.375. The summed E-state index contributed by atoms with van der Waals surface area (Å²) < 4.78 is 17.2. The lowest BCUT2D eigenvalue weighted by atomic mass is 10.1. The molecule has 0 aliphatic carbocycles. The maximum Gasteiger partial charge on any atom is 0.163 e. The molecule has 0 spiro atoms. The van der Waals surface area contributed by atoms with Crippen LogP contribution in [0.4, 0.5) is 11.5 Å². The summed E-state index contributed by atoms with van der Waals surface area (Å²) in [6.07, 6.45) is 2.47. The summed E-state index contributed by atoms with van der Waals surface area (Å²) in [4.78, 5) is 16.9. The number of benzene rings is 3. The number of morpholine rings is 1. The molecule has 0 atom stereocenters. The highest BCUT2D eigenvalue weighted by Gasteiger charge is 2.13. The van der Waals surface area contributed by atoms with Gasteiger partial charge in [-0.3, -0.25) is 4.90 Å². The molecule has 1 saturated heterocycles. The van der Waals surface area contributed by atoms with Crippen molar-refractivity contribution >= 4 is 39.7 Å². The third-order valence-electron chi connectivity index (χ3n) is 6.81. The number of halogens is 1. The Morgan fingerprint density at radius 2 is 1.80 bits per heavy atom. The van der Waals surface area contributed by atoms with Crippen molar-refractivity contribution in [3.8, 4) is 11.5 Å². The molecule has 1 fully saturated rings. The highest BCUT2D eigenvalue weighted by Crippen LogP contribution is 2.35. The summed E-state index contributed by atoms with van der Waals surface area (Å²) in [5.41, 5.74) is 4.38. The van der Waals surface area contributed by atoms with Gasteiger partial charge in [0.2, 0.25) is 0 Å². The molecule has 0 amide bonds. The van der Waals surface area contributed by atoms with Gasteiger partial charge in [0, 0.05) is 41.8 Å². The number of hydrogen-bond donors (Lipinski definition) is 1. The van der Waals surface area contributed by atoms with Crippen molar-refractivity contribution in [3.05, 3.63) is 83.1 Å². The molecular formula is C31H34ClN5O4. The van der Waals surface area contributed by atoms with Crippen LogP contribution >= 0.6 is 11.6 Å². The van der Waals surface area contributed by atoms with Gasteiger partial charge in [0.15, 0.2) is 11.5 Å². The quantitative estimate of drug-likeness (QED) is 0.123. The monoisotopic (exact) mass is 575 g/mol. The fourth-order valence-corrected chi connectivity index (χ4v) is 4.63. The van der Waals surface area contributed by atoms with Crippen LogP contribution in [0.5, 0.6) is 11.5 Å². The second kappa shape index (κ2) is 14.1. The van der Waals surface area contributed by atoms with E-state index >= 15 is 0 Å². The molecule has 3 aromatic carbocycles. The predicted octanol–water partition coefficient (Wildman–Crippen LogP) is 6.08. The molecule has 10 heteroatoms. The number of rotatable bonds is 12. The van der Waals surface area contributed by atoms with Gasteiger partial charge in [-0.05, 0) is 54.8 Å². The van der Waals surface area contributed by atoms with E-state index in [4.69, 9.17) is 30.6 Å². The number of anilines is 2. The number of ether oxygens (including phenoxy) is 3. The van der Waals surface area contributed by atoms with Crippen molar-refractivity contribution in [2.75, 3.05) is 51.9 Å². The van der Waals surface area contributed by atoms with E-state index < -0.39 is 0 Å². The summed E-state index contributed by atoms with van der Waals surface area (Å²) >= 11 is 5.94. The maximum absolute atomic E-state index is 6.09. The Morgan fingerprint density at radius 3 is 2.56 bits per heavy atom. The van der Waals surface area contributed by atoms with E-state index in [1.807, 2.05) is 67.6 Å². The van der Waals surface area contributed by atoms with Crippen LogP contribution in [0.3, 0.4) is 0 Å². The summed E-state index contributed by atoms with van der Waals surface area (Å²) in [7, 11) is 1.64. The van der Waals surface area contributed by atoms with Gasteiger partial charge in [0.25, 0.3) is 0 Å². The van der Waals surface area contributed by atoms with Crippen molar-refractivity contribution in [1.29, 1.82) is 0 Å². The minimum atomic E-state index is 0.375. The van der Waals surface area contributed by atoms with E-state index in [2.05, 4.69) is 25.3 Å². The van der Waals surface area contributed by atoms with E-state index in [0.29, 0.717) is 35.6 Å². The van der Waals surface area contributed by atoms with Gasteiger partial charge in [0.1, 0.15) is 18.8 Å². The largest absolute Gasteiger partial charge is 0.493 e. The van der Waals surface area contributed by atoms with Crippen LogP contribution in [-0.4, -0.2) is 67.1 Å². The second-order valence-corrected chi connectivity index (χ2v) is 10.1. The fraction of sp³-hybridized carbons (Fsp3) is 0.323. The van der Waals surface area contributed by atoms with Crippen LogP contribution in [0.1, 0.15) is 24.5 Å². The van der Waals surface area contributed by atoms with Gasteiger partial charge in [-0.25, -0.2) is 9.97 Å². The summed E-state index contributed by atoms with van der Waals surface area (Å²) in [5.74, 6) is 1.99. The van der Waals surface area contributed by atoms with Crippen molar-refractivity contribution in [2.24, 2.45) is 5.16 Å². The minimum Gasteiger partial charge on any atom is -0.493 e. The van der Waals surface area contributed by atoms with Crippen LogP contribution in [0.15, 0.2) is 72.1 Å². The van der Waals surface area contributed by atoms with Gasteiger partial charge in [-0.15, -0.1) is 0 Å². The molecule has 1 N–H and O–H groups in total. The Balaban J connectivity index is 1.21. The smallest absolute Gasteiger partial charge is 0.163 e. The lowest BCUT2D eigenvalue weighted by Crippen LogP contribution is -2.37. The van der Waals surface area contributed by atoms with Crippen LogP contribution in [0, 0.1) is 0 Å². The fourth-order valence-electron chi connectivity index (χ4n) is 4.50. The maximum atomic E-state index is 6.09. The van der Waals surface area contributed by atoms with Crippen LogP contribution in [0.2, 0.25) is 5.02 Å². The zero-order valence-corrected chi connectivity index (χ0v) is 24.1. The molecule has 41 heavy (non-hydrogen) atoms. The van der Waals surface area contributed by atoms with Gasteiger partial charge in [-0.1, -0.05) is 41.0 Å². The Morgan fingerprint density at radius 1 is 1.02 bits per heavy atom. The zero-order chi connectivity index (χ0) is 28.4. The first-order valence-electron chi connectivity index (χ1n) is 13.6. The van der Waals surface area contributed by atoms with Crippen LogP contribution in [-0.2, 0) is 16.2 Å². The third kappa shape index (κ3) is 7.85. The van der Waals surface area contributed by atoms with Crippen molar-refractivity contribution in [2.45, 2.75) is 20.0 Å². The molecule has 1 aliphatic heterocycles. The van der Waals surface area contributed by atoms with Crippen molar-refractivity contribution in [1.82, 2.24) is 14.9 Å². The number of aromatic nitrogens is 2. The lowest BCUT2D eigenvalue weighted by Gasteiger charge is -2.26. The SMILES string of the molecule is COc1cc2c(Nc3ccc(C(C)=NOCc4ccc(Cl)cc4)cc3)ncnc2cc1OCCCN1CCOCC1. The second-order valence-electron chi connectivity index (χ2n) is 9.68. The number of oxime groups is 1. The average molecular weight is 576 g/mol. The van der Waals surface area contributed by atoms with Gasteiger partial charge >= 0.3 is 0 Å². The first-order chi connectivity index (χ1) is 20.1. The standard InChI is InChI=1S/C31H34ClN5O4/c1-22(36-41-20-23-4-8-25(32)9-5-23)24-6-10-26(11-7-24)35-31-27-18-29(38-2)30(19-28(27)33-21-34-31)40-15-3-12-37-13-16-39-17-14-37/h4-11,18-19,21H,3,12-17,20H2,1-2H3,(H,33,34,35). The van der Waals surface area contributed by atoms with Crippen LogP contribution < -0.4 is 14.8 Å². The first-order valence-corrected chi connectivity index (χ1v) is 14.0.